The van der Waals surface area contributed by atoms with Crippen LogP contribution in [0.1, 0.15) is 19.4 Å². The average molecular weight is 359 g/mol. The van der Waals surface area contributed by atoms with Gasteiger partial charge in [0.25, 0.3) is 0 Å². The number of alkyl halides is 4. The third kappa shape index (κ3) is 4.38. The van der Waals surface area contributed by atoms with Crippen molar-refractivity contribution in [1.82, 2.24) is 0 Å². The minimum absolute atomic E-state index is 0.0619. The molecular weight excluding hydrogens is 346 g/mol. The molecule has 1 aromatic rings. The summed E-state index contributed by atoms with van der Waals surface area (Å²) in [6, 6.07) is 3.48. The van der Waals surface area contributed by atoms with Crippen LogP contribution in [-0.2, 0) is 11.0 Å². The van der Waals surface area contributed by atoms with E-state index in [1.54, 1.807) is 13.8 Å². The highest BCUT2D eigenvalue weighted by Crippen LogP contribution is 2.36. The molecule has 19 heavy (non-hydrogen) atoms. The van der Waals surface area contributed by atoms with Crippen LogP contribution < -0.4 is 5.32 Å². The van der Waals surface area contributed by atoms with Gasteiger partial charge in [-0.05, 0) is 24.1 Å². The van der Waals surface area contributed by atoms with Gasteiger partial charge >= 0.3 is 6.18 Å². The second-order valence-electron chi connectivity index (χ2n) is 4.33. The van der Waals surface area contributed by atoms with E-state index >= 15 is 0 Å². The fourth-order valence-corrected chi connectivity index (χ4v) is 1.86. The van der Waals surface area contributed by atoms with E-state index in [2.05, 4.69) is 21.2 Å². The minimum Gasteiger partial charge on any atom is -0.325 e. The lowest BCUT2D eigenvalue weighted by molar-refractivity contribution is -0.138. The Morgan fingerprint density at radius 1 is 1.37 bits per heavy atom. The van der Waals surface area contributed by atoms with E-state index in [0.29, 0.717) is 0 Å². The summed E-state index contributed by atoms with van der Waals surface area (Å²) in [7, 11) is 0. The first-order valence-corrected chi connectivity index (χ1v) is 6.67. The van der Waals surface area contributed by atoms with Crippen LogP contribution in [0.3, 0.4) is 0 Å². The summed E-state index contributed by atoms with van der Waals surface area (Å²) < 4.78 is 38.0. The van der Waals surface area contributed by atoms with Gasteiger partial charge in [-0.3, -0.25) is 4.79 Å². The lowest BCUT2D eigenvalue weighted by Gasteiger charge is -2.15. The maximum atomic E-state index is 12.7. The molecule has 0 aliphatic heterocycles. The number of halogens is 5. The number of rotatable bonds is 3. The Morgan fingerprint density at radius 2 is 1.95 bits per heavy atom. The number of anilines is 1. The van der Waals surface area contributed by atoms with E-state index in [-0.39, 0.29) is 16.1 Å². The maximum absolute atomic E-state index is 12.7. The van der Waals surface area contributed by atoms with Gasteiger partial charge < -0.3 is 5.32 Å². The van der Waals surface area contributed by atoms with Crippen molar-refractivity contribution >= 4 is 39.1 Å². The van der Waals surface area contributed by atoms with Gasteiger partial charge in [0.05, 0.1) is 5.56 Å². The van der Waals surface area contributed by atoms with Crippen LogP contribution in [0.5, 0.6) is 0 Å². The van der Waals surface area contributed by atoms with Gasteiger partial charge in [-0.15, -0.1) is 11.6 Å². The summed E-state index contributed by atoms with van der Waals surface area (Å²) in [5, 5.41) is 1.58. The van der Waals surface area contributed by atoms with Gasteiger partial charge in [0.15, 0.2) is 0 Å². The number of hydrogen-bond donors (Lipinski definition) is 1. The first-order chi connectivity index (χ1) is 8.62. The van der Waals surface area contributed by atoms with E-state index < -0.39 is 23.0 Å². The monoisotopic (exact) mass is 357 g/mol. The molecule has 0 heterocycles. The molecule has 0 aliphatic rings. The summed E-state index contributed by atoms with van der Waals surface area (Å²) in [4.78, 5) is 11.7. The molecular formula is C12H12BrClF3NO. The Labute approximate surface area is 122 Å². The standard InChI is InChI=1S/C12H12BrClF3NO/c1-6(2)10(14)11(19)18-7-3-4-9(13)8(5-7)12(15,16)17/h3-6,10H,1-2H3,(H,18,19). The highest BCUT2D eigenvalue weighted by molar-refractivity contribution is 9.10. The first kappa shape index (κ1) is 16.3. The smallest absolute Gasteiger partial charge is 0.325 e. The molecule has 1 unspecified atom stereocenters. The van der Waals surface area contributed by atoms with Crippen LogP contribution in [0.15, 0.2) is 22.7 Å². The predicted molar refractivity (Wildman–Crippen MR) is 72.3 cm³/mol. The van der Waals surface area contributed by atoms with Crippen molar-refractivity contribution in [2.24, 2.45) is 5.92 Å². The third-order valence-corrected chi connectivity index (χ3v) is 3.77. The summed E-state index contributed by atoms with van der Waals surface area (Å²) in [6.07, 6.45) is -4.49. The van der Waals surface area contributed by atoms with Crippen molar-refractivity contribution in [3.05, 3.63) is 28.2 Å². The quantitative estimate of drug-likeness (QED) is 0.782. The lowest BCUT2D eigenvalue weighted by atomic mass is 10.1. The lowest BCUT2D eigenvalue weighted by Crippen LogP contribution is -2.27. The van der Waals surface area contributed by atoms with E-state index in [0.717, 1.165) is 6.07 Å². The highest BCUT2D eigenvalue weighted by atomic mass is 79.9. The van der Waals surface area contributed by atoms with Crippen LogP contribution in [-0.4, -0.2) is 11.3 Å². The van der Waals surface area contributed by atoms with Crippen molar-refractivity contribution in [2.75, 3.05) is 5.32 Å². The summed E-state index contributed by atoms with van der Waals surface area (Å²) >= 11 is 8.66. The third-order valence-electron chi connectivity index (χ3n) is 2.38. The molecule has 0 saturated heterocycles. The molecule has 1 atom stereocenters. The number of amides is 1. The Kier molecular flexibility index (Phi) is 5.26. The molecule has 2 nitrogen and oxygen atoms in total. The molecule has 0 aliphatic carbocycles. The largest absolute Gasteiger partial charge is 0.417 e. The molecule has 1 aromatic carbocycles. The van der Waals surface area contributed by atoms with Crippen LogP contribution in [0.2, 0.25) is 0 Å². The van der Waals surface area contributed by atoms with Crippen molar-refractivity contribution in [1.29, 1.82) is 0 Å². The van der Waals surface area contributed by atoms with E-state index in [9.17, 15) is 18.0 Å². The Balaban J connectivity index is 2.95. The maximum Gasteiger partial charge on any atom is 0.417 e. The number of nitrogens with one attached hydrogen (secondary N) is 1. The topological polar surface area (TPSA) is 29.1 Å². The van der Waals surface area contributed by atoms with Gasteiger partial charge in [0.2, 0.25) is 5.91 Å². The van der Waals surface area contributed by atoms with Crippen LogP contribution >= 0.6 is 27.5 Å². The molecule has 0 bridgehead atoms. The van der Waals surface area contributed by atoms with Gasteiger partial charge in [-0.2, -0.15) is 13.2 Å². The number of carbonyl (C=O) groups is 1. The van der Waals surface area contributed by atoms with Gasteiger partial charge in [-0.1, -0.05) is 29.8 Å². The zero-order valence-electron chi connectivity index (χ0n) is 10.2. The van der Waals surface area contributed by atoms with Crippen LogP contribution in [0, 0.1) is 5.92 Å². The molecule has 0 fully saturated rings. The second-order valence-corrected chi connectivity index (χ2v) is 5.65. The average Bonchev–Trinajstić information content (AvgIpc) is 2.28. The molecule has 1 rings (SSSR count). The molecule has 7 heteroatoms. The van der Waals surface area contributed by atoms with E-state index in [1.165, 1.54) is 12.1 Å². The number of carbonyl (C=O) groups excluding carboxylic acids is 1. The molecule has 0 radical (unpaired) electrons. The Morgan fingerprint density at radius 3 is 2.42 bits per heavy atom. The van der Waals surface area contributed by atoms with Crippen LogP contribution in [0.25, 0.3) is 0 Å². The minimum atomic E-state index is -4.49. The van der Waals surface area contributed by atoms with Gasteiger partial charge in [-0.25, -0.2) is 0 Å². The fourth-order valence-electron chi connectivity index (χ4n) is 1.33. The van der Waals surface area contributed by atoms with E-state index in [1.807, 2.05) is 0 Å². The molecule has 1 N–H and O–H groups in total. The zero-order chi connectivity index (χ0) is 14.8. The van der Waals surface area contributed by atoms with Gasteiger partial charge in [0, 0.05) is 10.2 Å². The predicted octanol–water partition coefficient (Wildman–Crippen LogP) is 4.67. The number of benzene rings is 1. The number of hydrogen-bond acceptors (Lipinski definition) is 1. The first-order valence-electron chi connectivity index (χ1n) is 5.44. The summed E-state index contributed by atoms with van der Waals surface area (Å²) in [6.45, 7) is 3.50. The van der Waals surface area contributed by atoms with E-state index in [4.69, 9.17) is 11.6 Å². The highest BCUT2D eigenvalue weighted by Gasteiger charge is 2.33. The van der Waals surface area contributed by atoms with Crippen molar-refractivity contribution in [3.8, 4) is 0 Å². The van der Waals surface area contributed by atoms with Crippen molar-refractivity contribution < 1.29 is 18.0 Å². The zero-order valence-corrected chi connectivity index (χ0v) is 12.5. The van der Waals surface area contributed by atoms with Gasteiger partial charge in [0.1, 0.15) is 5.38 Å². The van der Waals surface area contributed by atoms with Crippen molar-refractivity contribution in [3.63, 3.8) is 0 Å². The summed E-state index contributed by atoms with van der Waals surface area (Å²) in [5.74, 6) is -0.633. The summed E-state index contributed by atoms with van der Waals surface area (Å²) in [5.41, 5.74) is -0.784. The molecule has 0 spiro atoms. The fraction of sp³-hybridized carbons (Fsp3) is 0.417. The normalized spacial score (nSPS) is 13.5. The molecule has 0 aromatic heterocycles. The van der Waals surface area contributed by atoms with Crippen molar-refractivity contribution in [2.45, 2.75) is 25.4 Å². The molecule has 106 valence electrons. The van der Waals surface area contributed by atoms with Crippen LogP contribution in [0.4, 0.5) is 18.9 Å². The molecule has 1 amide bonds. The SMILES string of the molecule is CC(C)C(Cl)C(=O)Nc1ccc(Br)c(C(F)(F)F)c1. The Hall–Kier alpha value is -0.750. The molecule has 0 saturated carbocycles. The Bertz CT molecular complexity index is 477. The second kappa shape index (κ2) is 6.13.